The van der Waals surface area contributed by atoms with Crippen LogP contribution in [-0.2, 0) is 30.5 Å². The van der Waals surface area contributed by atoms with Gasteiger partial charge in [0.05, 0.1) is 6.54 Å². The van der Waals surface area contributed by atoms with E-state index in [1.165, 1.54) is 21.8 Å². The molecule has 8 heteroatoms. The Morgan fingerprint density at radius 3 is 2.66 bits per heavy atom. The Morgan fingerprint density at radius 1 is 1.25 bits per heavy atom. The highest BCUT2D eigenvalue weighted by Crippen LogP contribution is 2.44. The fourth-order valence-corrected chi connectivity index (χ4v) is 5.43. The molecule has 0 radical (unpaired) electrons. The topological polar surface area (TPSA) is 38.1 Å². The molecule has 3 heterocycles. The van der Waals surface area contributed by atoms with Crippen molar-refractivity contribution in [2.75, 3.05) is 6.54 Å². The second kappa shape index (κ2) is 8.58. The van der Waals surface area contributed by atoms with E-state index in [-0.39, 0.29) is 17.4 Å². The number of aryl methyl sites for hydroxylation is 2. The quantitative estimate of drug-likeness (QED) is 0.448. The smallest absolute Gasteiger partial charge is 0.333 e. The van der Waals surface area contributed by atoms with Gasteiger partial charge in [0.15, 0.2) is 5.69 Å². The fourth-order valence-electron chi connectivity index (χ4n) is 4.25. The zero-order valence-corrected chi connectivity index (χ0v) is 18.8. The zero-order valence-electron chi connectivity index (χ0n) is 17.9. The number of hydrogen-bond donors (Lipinski definition) is 0. The molecule has 2 aromatic heterocycles. The van der Waals surface area contributed by atoms with E-state index >= 15 is 0 Å². The van der Waals surface area contributed by atoms with Gasteiger partial charge >= 0.3 is 6.18 Å². The third-order valence-electron chi connectivity index (χ3n) is 5.82. The van der Waals surface area contributed by atoms with Crippen molar-refractivity contribution in [3.05, 3.63) is 75.8 Å². The van der Waals surface area contributed by atoms with Crippen molar-refractivity contribution in [3.63, 3.8) is 0 Å². The first kappa shape index (κ1) is 22.3. The summed E-state index contributed by atoms with van der Waals surface area (Å²) in [5.41, 5.74) is 1.52. The average Bonchev–Trinajstić information content (AvgIpc) is 3.41. The summed E-state index contributed by atoms with van der Waals surface area (Å²) in [7, 11) is 0. The molecule has 0 fully saturated rings. The minimum Gasteiger partial charge on any atom is -0.333 e. The average molecular weight is 460 g/mol. The molecule has 1 atom stereocenters. The minimum atomic E-state index is -4.57. The van der Waals surface area contributed by atoms with Gasteiger partial charge in [-0.1, -0.05) is 37.8 Å². The Kier molecular flexibility index (Phi) is 5.99. The van der Waals surface area contributed by atoms with E-state index in [0.717, 1.165) is 22.4 Å². The highest BCUT2D eigenvalue weighted by Gasteiger charge is 2.39. The second-order valence-corrected chi connectivity index (χ2v) is 8.97. The first-order valence-electron chi connectivity index (χ1n) is 10.5. The molecule has 0 N–H and O–H groups in total. The molecule has 3 aromatic rings. The first-order chi connectivity index (χ1) is 15.3. The molecule has 32 heavy (non-hydrogen) atoms. The van der Waals surface area contributed by atoms with Gasteiger partial charge in [0.2, 0.25) is 5.91 Å². The predicted octanol–water partition coefficient (Wildman–Crippen LogP) is 5.87. The van der Waals surface area contributed by atoms with Crippen molar-refractivity contribution in [2.24, 2.45) is 0 Å². The Labute approximate surface area is 189 Å². The lowest BCUT2D eigenvalue weighted by Crippen LogP contribution is -2.37. The maximum Gasteiger partial charge on any atom is 0.435 e. The van der Waals surface area contributed by atoms with Crippen LogP contribution in [-0.4, -0.2) is 27.1 Å². The summed E-state index contributed by atoms with van der Waals surface area (Å²) >= 11 is 1.66. The van der Waals surface area contributed by atoms with E-state index in [1.54, 1.807) is 35.3 Å². The van der Waals surface area contributed by atoms with Crippen LogP contribution < -0.4 is 0 Å². The summed E-state index contributed by atoms with van der Waals surface area (Å²) in [6, 6.07) is 9.28. The van der Waals surface area contributed by atoms with Crippen LogP contribution >= 0.6 is 11.3 Å². The number of fused-ring (bicyclic) bond motifs is 1. The summed E-state index contributed by atoms with van der Waals surface area (Å²) < 4.78 is 42.8. The van der Waals surface area contributed by atoms with Crippen LogP contribution in [0.3, 0.4) is 0 Å². The number of amides is 1. The van der Waals surface area contributed by atoms with Crippen molar-refractivity contribution < 1.29 is 18.0 Å². The van der Waals surface area contributed by atoms with Crippen LogP contribution in [0.2, 0.25) is 0 Å². The first-order valence-corrected chi connectivity index (χ1v) is 11.3. The molecule has 0 bridgehead atoms. The van der Waals surface area contributed by atoms with Gasteiger partial charge in [-0.05, 0) is 42.2 Å². The van der Waals surface area contributed by atoms with Crippen LogP contribution in [0.5, 0.6) is 0 Å². The molecular formula is C24H24F3N3OS. The molecule has 0 aliphatic carbocycles. The van der Waals surface area contributed by atoms with Gasteiger partial charge in [-0.3, -0.25) is 9.48 Å². The van der Waals surface area contributed by atoms with Crippen molar-refractivity contribution in [1.29, 1.82) is 0 Å². The van der Waals surface area contributed by atoms with E-state index in [2.05, 4.69) is 24.7 Å². The Bertz CT molecular complexity index is 1160. The number of aromatic nitrogens is 2. The lowest BCUT2D eigenvalue weighted by Gasteiger charge is -2.33. The highest BCUT2D eigenvalue weighted by atomic mass is 32.1. The van der Waals surface area contributed by atoms with Crippen LogP contribution in [0, 0.1) is 0 Å². The van der Waals surface area contributed by atoms with Gasteiger partial charge in [-0.15, -0.1) is 11.3 Å². The Hall–Kier alpha value is -2.87. The number of alkyl halides is 3. The standard InChI is InChI=1S/C24H24F3N3OS/c1-4-15-11-18-19(12-29(22(31)5-2)14-21(18)32-15)16-9-7-8-10-17(16)20-13-30(6-3)28-23(20)24(25,26)27/h5,7-11,13,19H,2,4,6,12,14H2,1,3H3/t19-/m0/s1. The van der Waals surface area contributed by atoms with E-state index in [0.29, 0.717) is 25.2 Å². The highest BCUT2D eigenvalue weighted by molar-refractivity contribution is 7.12. The Balaban J connectivity index is 1.89. The summed E-state index contributed by atoms with van der Waals surface area (Å²) in [5, 5.41) is 3.80. The monoisotopic (exact) mass is 459 g/mol. The molecule has 1 aliphatic rings. The molecule has 168 valence electrons. The van der Waals surface area contributed by atoms with Gasteiger partial charge in [0.1, 0.15) is 0 Å². The third kappa shape index (κ3) is 3.99. The molecule has 1 aromatic carbocycles. The molecule has 1 aliphatic heterocycles. The number of nitrogens with zero attached hydrogens (tertiary/aromatic N) is 3. The van der Waals surface area contributed by atoms with Crippen LogP contribution in [0.1, 0.15) is 46.3 Å². The van der Waals surface area contributed by atoms with Gasteiger partial charge in [-0.25, -0.2) is 0 Å². The number of rotatable bonds is 5. The van der Waals surface area contributed by atoms with Gasteiger partial charge in [0, 0.05) is 40.5 Å². The lowest BCUT2D eigenvalue weighted by molar-refractivity contribution is -0.141. The molecule has 0 saturated heterocycles. The minimum absolute atomic E-state index is 0.0645. The Morgan fingerprint density at radius 2 is 2.00 bits per heavy atom. The molecule has 1 amide bonds. The molecule has 4 nitrogen and oxygen atoms in total. The third-order valence-corrected chi connectivity index (χ3v) is 7.10. The summed E-state index contributed by atoms with van der Waals surface area (Å²) in [6.07, 6.45) is -0.954. The van der Waals surface area contributed by atoms with Gasteiger partial charge < -0.3 is 4.90 Å². The van der Waals surface area contributed by atoms with Crippen molar-refractivity contribution in [1.82, 2.24) is 14.7 Å². The maximum absolute atomic E-state index is 13.8. The van der Waals surface area contributed by atoms with E-state index < -0.39 is 11.9 Å². The van der Waals surface area contributed by atoms with E-state index in [1.807, 2.05) is 12.1 Å². The van der Waals surface area contributed by atoms with Gasteiger partial charge in [0.25, 0.3) is 0 Å². The lowest BCUT2D eigenvalue weighted by atomic mass is 9.83. The van der Waals surface area contributed by atoms with Crippen LogP contribution in [0.25, 0.3) is 11.1 Å². The number of carbonyl (C=O) groups excluding carboxylic acids is 1. The number of carbonyl (C=O) groups is 1. The predicted molar refractivity (Wildman–Crippen MR) is 119 cm³/mol. The largest absolute Gasteiger partial charge is 0.435 e. The number of halogens is 3. The van der Waals surface area contributed by atoms with Crippen molar-refractivity contribution in [3.8, 4) is 11.1 Å². The summed E-state index contributed by atoms with van der Waals surface area (Å²) in [6.45, 7) is 8.65. The second-order valence-electron chi connectivity index (χ2n) is 7.75. The fraction of sp³-hybridized carbons (Fsp3) is 0.333. The van der Waals surface area contributed by atoms with Crippen molar-refractivity contribution >= 4 is 17.2 Å². The summed E-state index contributed by atoms with van der Waals surface area (Å²) in [4.78, 5) is 16.4. The molecular weight excluding hydrogens is 435 g/mol. The molecule has 0 spiro atoms. The van der Waals surface area contributed by atoms with Crippen molar-refractivity contribution in [2.45, 2.75) is 45.5 Å². The van der Waals surface area contributed by atoms with E-state index in [4.69, 9.17) is 0 Å². The number of hydrogen-bond acceptors (Lipinski definition) is 3. The number of thiophene rings is 1. The molecule has 4 rings (SSSR count). The van der Waals surface area contributed by atoms with Gasteiger partial charge in [-0.2, -0.15) is 18.3 Å². The number of benzene rings is 1. The molecule has 0 unspecified atom stereocenters. The zero-order chi connectivity index (χ0) is 23.0. The summed E-state index contributed by atoms with van der Waals surface area (Å²) in [5.74, 6) is -0.416. The molecule has 0 saturated carbocycles. The normalized spacial score (nSPS) is 16.2. The SMILES string of the molecule is C=CC(=O)N1Cc2sc(CC)cc2[C@H](c2ccccc2-c2cn(CC)nc2C(F)(F)F)C1. The van der Waals surface area contributed by atoms with Crippen LogP contribution in [0.15, 0.2) is 49.2 Å². The maximum atomic E-state index is 13.8. The van der Waals surface area contributed by atoms with E-state index in [9.17, 15) is 18.0 Å². The van der Waals surface area contributed by atoms with Crippen LogP contribution in [0.4, 0.5) is 13.2 Å².